The van der Waals surface area contributed by atoms with Crippen molar-refractivity contribution in [3.05, 3.63) is 69.2 Å². The number of halogens is 1. The van der Waals surface area contributed by atoms with E-state index in [0.29, 0.717) is 11.4 Å². The number of carboxylic acid groups (broad SMARTS) is 1. The zero-order chi connectivity index (χ0) is 21.3. The Labute approximate surface area is 185 Å². The van der Waals surface area contributed by atoms with Crippen molar-refractivity contribution in [2.75, 3.05) is 0 Å². The average Bonchev–Trinajstić information content (AvgIpc) is 2.88. The Kier molecular flexibility index (Phi) is 6.07. The molecule has 0 aliphatic heterocycles. The van der Waals surface area contributed by atoms with Gasteiger partial charge in [0, 0.05) is 21.0 Å². The lowest BCUT2D eigenvalue weighted by molar-refractivity contribution is -0.141. The normalized spacial score (nSPS) is 14.0. The Balaban J connectivity index is 1.89. The van der Waals surface area contributed by atoms with Crippen molar-refractivity contribution < 1.29 is 9.90 Å². The quantitative estimate of drug-likeness (QED) is 0.447. The van der Waals surface area contributed by atoms with Crippen LogP contribution in [0.4, 0.5) is 0 Å². The molecule has 4 rings (SSSR count). The Morgan fingerprint density at radius 3 is 2.93 bits per heavy atom. The molecule has 0 saturated carbocycles. The number of aliphatic carboxylic acids is 1. The van der Waals surface area contributed by atoms with Gasteiger partial charge in [0.05, 0.1) is 5.92 Å². The summed E-state index contributed by atoms with van der Waals surface area (Å²) in [7, 11) is 0. The molecule has 1 unspecified atom stereocenters. The monoisotopic (exact) mass is 437 g/mol. The summed E-state index contributed by atoms with van der Waals surface area (Å²) in [5, 5.41) is 11.1. The van der Waals surface area contributed by atoms with Crippen molar-refractivity contribution in [3.8, 4) is 11.1 Å². The number of thiophene rings is 1. The summed E-state index contributed by atoms with van der Waals surface area (Å²) in [5.74, 6) is -1.08. The molecule has 1 atom stereocenters. The number of aromatic nitrogens is 1. The summed E-state index contributed by atoms with van der Waals surface area (Å²) >= 11 is 8.09. The third-order valence-corrected chi connectivity index (χ3v) is 7.02. The van der Waals surface area contributed by atoms with Gasteiger partial charge in [-0.1, -0.05) is 48.9 Å². The molecule has 3 nitrogen and oxygen atoms in total. The topological polar surface area (TPSA) is 50.2 Å². The van der Waals surface area contributed by atoms with E-state index in [1.54, 1.807) is 18.3 Å². The summed E-state index contributed by atoms with van der Waals surface area (Å²) in [6, 6.07) is 8.01. The number of aryl methyl sites for hydroxylation is 1. The van der Waals surface area contributed by atoms with Gasteiger partial charge < -0.3 is 5.11 Å². The van der Waals surface area contributed by atoms with Gasteiger partial charge in [-0.15, -0.1) is 11.3 Å². The van der Waals surface area contributed by atoms with Crippen LogP contribution in [-0.2, 0) is 17.6 Å². The second kappa shape index (κ2) is 8.75. The molecule has 0 fully saturated rings. The first-order chi connectivity index (χ1) is 14.5. The van der Waals surface area contributed by atoms with E-state index in [2.05, 4.69) is 37.3 Å². The molecule has 2 aromatic heterocycles. The Morgan fingerprint density at radius 2 is 2.17 bits per heavy atom. The molecule has 2 heterocycles. The van der Waals surface area contributed by atoms with Crippen LogP contribution in [0.1, 0.15) is 41.5 Å². The first-order valence-electron chi connectivity index (χ1n) is 10.2. The SMILES string of the molecule is Cc1nc2sc3c(c2c(-c2cccc(Cl)c2)c1CCCC(C)C(=O)O)CC=CC=C3. The van der Waals surface area contributed by atoms with E-state index in [-0.39, 0.29) is 5.92 Å². The molecule has 1 N–H and O–H groups in total. The molecule has 1 aliphatic carbocycles. The van der Waals surface area contributed by atoms with Crippen molar-refractivity contribution in [2.24, 2.45) is 5.92 Å². The molecule has 5 heteroatoms. The van der Waals surface area contributed by atoms with E-state index in [9.17, 15) is 9.90 Å². The summed E-state index contributed by atoms with van der Waals surface area (Å²) in [6.07, 6.45) is 11.6. The fourth-order valence-electron chi connectivity index (χ4n) is 4.08. The van der Waals surface area contributed by atoms with Crippen LogP contribution in [0.3, 0.4) is 0 Å². The van der Waals surface area contributed by atoms with Gasteiger partial charge in [-0.05, 0) is 73.1 Å². The number of fused-ring (bicyclic) bond motifs is 3. The van der Waals surface area contributed by atoms with Gasteiger partial charge in [0.2, 0.25) is 0 Å². The second-order valence-corrected chi connectivity index (χ2v) is 9.28. The van der Waals surface area contributed by atoms with Gasteiger partial charge in [-0.2, -0.15) is 0 Å². The standard InChI is InChI=1S/C25H24ClNO2S/c1-15(25(28)29)8-6-12-19-16(2)27-24-23(20-11-4-3-5-13-21(20)30-24)22(19)17-9-7-10-18(26)14-17/h3-5,7,9-10,13-15H,6,8,11-12H2,1-2H3,(H,28,29). The minimum absolute atomic E-state index is 0.343. The van der Waals surface area contributed by atoms with Gasteiger partial charge in [-0.25, -0.2) is 4.98 Å². The number of carbonyl (C=O) groups is 1. The van der Waals surface area contributed by atoms with Crippen molar-refractivity contribution in [2.45, 2.75) is 39.5 Å². The molecular formula is C25H24ClNO2S. The fraction of sp³-hybridized carbons (Fsp3) is 0.280. The minimum atomic E-state index is -0.739. The fourth-order valence-corrected chi connectivity index (χ4v) is 5.44. The van der Waals surface area contributed by atoms with Crippen LogP contribution in [0.5, 0.6) is 0 Å². The lowest BCUT2D eigenvalue weighted by Crippen LogP contribution is -2.10. The maximum atomic E-state index is 11.2. The van der Waals surface area contributed by atoms with Crippen LogP contribution in [0.25, 0.3) is 27.4 Å². The molecule has 0 spiro atoms. The smallest absolute Gasteiger partial charge is 0.306 e. The number of hydrogen-bond donors (Lipinski definition) is 1. The van der Waals surface area contributed by atoms with E-state index < -0.39 is 5.97 Å². The van der Waals surface area contributed by atoms with Crippen molar-refractivity contribution in [1.29, 1.82) is 0 Å². The largest absolute Gasteiger partial charge is 0.481 e. The third kappa shape index (κ3) is 4.07. The maximum absolute atomic E-state index is 11.2. The van der Waals surface area contributed by atoms with Crippen LogP contribution in [0.15, 0.2) is 42.5 Å². The summed E-state index contributed by atoms with van der Waals surface area (Å²) in [4.78, 5) is 18.5. The number of benzene rings is 1. The second-order valence-electron chi connectivity index (χ2n) is 7.81. The van der Waals surface area contributed by atoms with Crippen LogP contribution >= 0.6 is 22.9 Å². The van der Waals surface area contributed by atoms with E-state index in [0.717, 1.165) is 35.4 Å². The lowest BCUT2D eigenvalue weighted by atomic mass is 9.90. The van der Waals surface area contributed by atoms with Gasteiger partial charge in [0.15, 0.2) is 0 Å². The number of rotatable bonds is 6. The highest BCUT2D eigenvalue weighted by atomic mass is 35.5. The molecule has 0 amide bonds. The van der Waals surface area contributed by atoms with Gasteiger partial charge >= 0.3 is 5.97 Å². The van der Waals surface area contributed by atoms with Crippen LogP contribution in [0.2, 0.25) is 5.02 Å². The molecule has 0 saturated heterocycles. The van der Waals surface area contributed by atoms with E-state index >= 15 is 0 Å². The zero-order valence-electron chi connectivity index (χ0n) is 17.1. The predicted octanol–water partition coefficient (Wildman–Crippen LogP) is 7.09. The van der Waals surface area contributed by atoms with Crippen LogP contribution in [-0.4, -0.2) is 16.1 Å². The van der Waals surface area contributed by atoms with E-state index in [1.807, 2.05) is 18.2 Å². The first kappa shape index (κ1) is 20.8. The Morgan fingerprint density at radius 1 is 1.33 bits per heavy atom. The molecule has 154 valence electrons. The van der Waals surface area contributed by atoms with E-state index in [4.69, 9.17) is 16.6 Å². The maximum Gasteiger partial charge on any atom is 0.306 e. The molecule has 0 radical (unpaired) electrons. The molecule has 1 aliphatic rings. The summed E-state index contributed by atoms with van der Waals surface area (Å²) in [5.41, 5.74) is 5.81. The molecule has 3 aromatic rings. The molecule has 1 aromatic carbocycles. The lowest BCUT2D eigenvalue weighted by Gasteiger charge is -2.16. The average molecular weight is 438 g/mol. The highest BCUT2D eigenvalue weighted by Gasteiger charge is 2.22. The predicted molar refractivity (Wildman–Crippen MR) is 126 cm³/mol. The van der Waals surface area contributed by atoms with E-state index in [1.165, 1.54) is 27.0 Å². The van der Waals surface area contributed by atoms with Gasteiger partial charge in [0.25, 0.3) is 0 Å². The highest BCUT2D eigenvalue weighted by molar-refractivity contribution is 7.19. The Hall–Kier alpha value is -2.43. The number of pyridine rings is 1. The van der Waals surface area contributed by atoms with Crippen molar-refractivity contribution in [1.82, 2.24) is 4.98 Å². The molecule has 0 bridgehead atoms. The number of carboxylic acids is 1. The van der Waals surface area contributed by atoms with Crippen LogP contribution in [0, 0.1) is 12.8 Å². The number of allylic oxidation sites excluding steroid dienone is 3. The van der Waals surface area contributed by atoms with Crippen LogP contribution < -0.4 is 0 Å². The minimum Gasteiger partial charge on any atom is -0.481 e. The third-order valence-electron chi connectivity index (χ3n) is 5.69. The number of hydrogen-bond acceptors (Lipinski definition) is 3. The molecule has 30 heavy (non-hydrogen) atoms. The van der Waals surface area contributed by atoms with Crippen molar-refractivity contribution in [3.63, 3.8) is 0 Å². The van der Waals surface area contributed by atoms with Gasteiger partial charge in [0.1, 0.15) is 4.83 Å². The van der Waals surface area contributed by atoms with Gasteiger partial charge in [-0.3, -0.25) is 4.79 Å². The first-order valence-corrected chi connectivity index (χ1v) is 11.4. The summed E-state index contributed by atoms with van der Waals surface area (Å²) < 4.78 is 0. The van der Waals surface area contributed by atoms with Crippen molar-refractivity contribution >= 4 is 45.2 Å². The summed E-state index contributed by atoms with van der Waals surface area (Å²) in [6.45, 7) is 3.83. The highest BCUT2D eigenvalue weighted by Crippen LogP contribution is 2.42. The zero-order valence-corrected chi connectivity index (χ0v) is 18.7. The molecular weight excluding hydrogens is 414 g/mol. The number of nitrogens with zero attached hydrogens (tertiary/aromatic N) is 1. The Bertz CT molecular complexity index is 1180.